The van der Waals surface area contributed by atoms with Gasteiger partial charge in [0.2, 0.25) is 0 Å². The molecule has 1 aromatic rings. The molecule has 0 amide bonds. The maximum atomic E-state index is 9.56. The third-order valence-electron chi connectivity index (χ3n) is 2.21. The van der Waals surface area contributed by atoms with Crippen LogP contribution in [0.2, 0.25) is 0 Å². The van der Waals surface area contributed by atoms with Crippen LogP contribution in [-0.2, 0) is 0 Å². The van der Waals surface area contributed by atoms with Crippen molar-refractivity contribution in [2.45, 2.75) is 25.9 Å². The minimum atomic E-state index is 0.0320. The molecule has 0 spiro atoms. The second-order valence-electron chi connectivity index (χ2n) is 3.53. The summed E-state index contributed by atoms with van der Waals surface area (Å²) in [7, 11) is 0. The summed E-state index contributed by atoms with van der Waals surface area (Å²) in [6, 6.07) is 7.29. The van der Waals surface area contributed by atoms with Gasteiger partial charge < -0.3 is 15.5 Å². The summed E-state index contributed by atoms with van der Waals surface area (Å²) in [5, 5.41) is 21.6. The third-order valence-corrected chi connectivity index (χ3v) is 2.21. The standard InChI is InChI=1S/C11H17NO2/c1-8(7-13)12-9(2)10-5-3-4-6-11(10)14/h3-6,8-9,12-14H,7H2,1-2H3/t8-,9-/m1/s1. The van der Waals surface area contributed by atoms with Gasteiger partial charge in [-0.05, 0) is 19.9 Å². The zero-order chi connectivity index (χ0) is 10.6. The highest BCUT2D eigenvalue weighted by atomic mass is 16.3. The molecule has 0 fully saturated rings. The molecule has 3 N–H and O–H groups in total. The monoisotopic (exact) mass is 195 g/mol. The first-order valence-corrected chi connectivity index (χ1v) is 4.80. The second-order valence-corrected chi connectivity index (χ2v) is 3.53. The zero-order valence-corrected chi connectivity index (χ0v) is 8.57. The number of benzene rings is 1. The number of aliphatic hydroxyl groups excluding tert-OH is 1. The fourth-order valence-electron chi connectivity index (χ4n) is 1.42. The van der Waals surface area contributed by atoms with Crippen LogP contribution in [0.5, 0.6) is 5.75 Å². The van der Waals surface area contributed by atoms with Crippen molar-refractivity contribution in [3.8, 4) is 5.75 Å². The summed E-state index contributed by atoms with van der Waals surface area (Å²) in [4.78, 5) is 0. The van der Waals surface area contributed by atoms with Gasteiger partial charge in [0.15, 0.2) is 0 Å². The van der Waals surface area contributed by atoms with E-state index in [0.29, 0.717) is 0 Å². The highest BCUT2D eigenvalue weighted by Crippen LogP contribution is 2.23. The van der Waals surface area contributed by atoms with Crippen LogP contribution in [-0.4, -0.2) is 22.9 Å². The Labute approximate surface area is 84.4 Å². The molecule has 1 aromatic carbocycles. The average molecular weight is 195 g/mol. The lowest BCUT2D eigenvalue weighted by Gasteiger charge is -2.19. The Morgan fingerprint density at radius 1 is 1.29 bits per heavy atom. The Morgan fingerprint density at radius 3 is 2.50 bits per heavy atom. The molecule has 0 unspecified atom stereocenters. The summed E-state index contributed by atoms with van der Waals surface area (Å²) in [5.74, 6) is 0.289. The van der Waals surface area contributed by atoms with Gasteiger partial charge in [0.25, 0.3) is 0 Å². The van der Waals surface area contributed by atoms with Gasteiger partial charge in [0.05, 0.1) is 6.61 Å². The third kappa shape index (κ3) is 2.72. The molecule has 3 nitrogen and oxygen atoms in total. The van der Waals surface area contributed by atoms with Gasteiger partial charge in [-0.2, -0.15) is 0 Å². The Kier molecular flexibility index (Phi) is 3.92. The fourth-order valence-corrected chi connectivity index (χ4v) is 1.42. The van der Waals surface area contributed by atoms with Gasteiger partial charge in [-0.15, -0.1) is 0 Å². The number of hydrogen-bond acceptors (Lipinski definition) is 3. The predicted molar refractivity (Wildman–Crippen MR) is 56.2 cm³/mol. The van der Waals surface area contributed by atoms with Gasteiger partial charge >= 0.3 is 0 Å². The maximum Gasteiger partial charge on any atom is 0.120 e. The van der Waals surface area contributed by atoms with Crippen LogP contribution in [0, 0.1) is 0 Å². The highest BCUT2D eigenvalue weighted by Gasteiger charge is 2.11. The van der Waals surface area contributed by atoms with Crippen molar-refractivity contribution in [3.63, 3.8) is 0 Å². The second kappa shape index (κ2) is 4.98. The number of para-hydroxylation sites is 1. The predicted octanol–water partition coefficient (Wildman–Crippen LogP) is 1.42. The molecule has 78 valence electrons. The molecule has 0 aliphatic rings. The average Bonchev–Trinajstić information content (AvgIpc) is 2.18. The number of rotatable bonds is 4. The van der Waals surface area contributed by atoms with E-state index >= 15 is 0 Å². The molecule has 0 aliphatic carbocycles. The Morgan fingerprint density at radius 2 is 1.93 bits per heavy atom. The number of phenols is 1. The van der Waals surface area contributed by atoms with E-state index in [1.165, 1.54) is 0 Å². The number of nitrogens with one attached hydrogen (secondary N) is 1. The molecule has 0 aromatic heterocycles. The van der Waals surface area contributed by atoms with Gasteiger partial charge in [-0.1, -0.05) is 18.2 Å². The minimum absolute atomic E-state index is 0.0320. The van der Waals surface area contributed by atoms with Gasteiger partial charge in [0, 0.05) is 17.6 Å². The molecule has 1 rings (SSSR count). The molecule has 0 heterocycles. The number of aromatic hydroxyl groups is 1. The van der Waals surface area contributed by atoms with E-state index in [0.717, 1.165) is 5.56 Å². The van der Waals surface area contributed by atoms with Crippen LogP contribution in [0.25, 0.3) is 0 Å². The Hall–Kier alpha value is -1.06. The molecule has 3 heteroatoms. The number of phenolic OH excluding ortho intramolecular Hbond substituents is 1. The Balaban J connectivity index is 2.69. The molecular formula is C11H17NO2. The van der Waals surface area contributed by atoms with Crippen LogP contribution in [0.4, 0.5) is 0 Å². The summed E-state index contributed by atoms with van der Waals surface area (Å²) in [5.41, 5.74) is 0.854. The fraction of sp³-hybridized carbons (Fsp3) is 0.455. The lowest BCUT2D eigenvalue weighted by atomic mass is 10.1. The van der Waals surface area contributed by atoms with Crippen molar-refractivity contribution in [1.82, 2.24) is 5.32 Å². The molecule has 0 saturated carbocycles. The molecule has 0 saturated heterocycles. The molecule has 0 aliphatic heterocycles. The minimum Gasteiger partial charge on any atom is -0.508 e. The van der Waals surface area contributed by atoms with Crippen LogP contribution < -0.4 is 5.32 Å². The van der Waals surface area contributed by atoms with E-state index in [-0.39, 0.29) is 24.4 Å². The molecule has 0 bridgehead atoms. The molecular weight excluding hydrogens is 178 g/mol. The van der Waals surface area contributed by atoms with E-state index in [9.17, 15) is 5.11 Å². The maximum absolute atomic E-state index is 9.56. The van der Waals surface area contributed by atoms with Crippen LogP contribution in [0.1, 0.15) is 25.5 Å². The SMILES string of the molecule is C[C@H](CO)N[C@H](C)c1ccccc1O. The van der Waals surface area contributed by atoms with Crippen molar-refractivity contribution in [2.75, 3.05) is 6.61 Å². The lowest BCUT2D eigenvalue weighted by molar-refractivity contribution is 0.242. The smallest absolute Gasteiger partial charge is 0.120 e. The quantitative estimate of drug-likeness (QED) is 0.681. The summed E-state index contributed by atoms with van der Waals surface area (Å²) < 4.78 is 0. The zero-order valence-electron chi connectivity index (χ0n) is 8.57. The van der Waals surface area contributed by atoms with Gasteiger partial charge in [0.1, 0.15) is 5.75 Å². The van der Waals surface area contributed by atoms with Crippen LogP contribution in [0.15, 0.2) is 24.3 Å². The van der Waals surface area contributed by atoms with Crippen LogP contribution in [0.3, 0.4) is 0 Å². The first-order valence-electron chi connectivity index (χ1n) is 4.80. The van der Waals surface area contributed by atoms with E-state index in [2.05, 4.69) is 5.32 Å². The highest BCUT2D eigenvalue weighted by molar-refractivity contribution is 5.34. The van der Waals surface area contributed by atoms with Crippen molar-refractivity contribution in [1.29, 1.82) is 0 Å². The largest absolute Gasteiger partial charge is 0.508 e. The van der Waals surface area contributed by atoms with Crippen molar-refractivity contribution in [2.24, 2.45) is 0 Å². The molecule has 14 heavy (non-hydrogen) atoms. The van der Waals surface area contributed by atoms with E-state index in [1.807, 2.05) is 26.0 Å². The first kappa shape index (κ1) is 11.0. The van der Waals surface area contributed by atoms with Gasteiger partial charge in [-0.25, -0.2) is 0 Å². The topological polar surface area (TPSA) is 52.5 Å². The van der Waals surface area contributed by atoms with E-state index < -0.39 is 0 Å². The number of aliphatic hydroxyl groups is 1. The number of hydrogen-bond donors (Lipinski definition) is 3. The molecule has 2 atom stereocenters. The van der Waals surface area contributed by atoms with Crippen molar-refractivity contribution < 1.29 is 10.2 Å². The lowest BCUT2D eigenvalue weighted by Crippen LogP contribution is -2.31. The summed E-state index contributed by atoms with van der Waals surface area (Å²) in [6.45, 7) is 3.95. The Bertz CT molecular complexity index is 288. The first-order chi connectivity index (χ1) is 6.65. The normalized spacial score (nSPS) is 15.1. The summed E-state index contributed by atoms with van der Waals surface area (Å²) >= 11 is 0. The van der Waals surface area contributed by atoms with Crippen LogP contribution >= 0.6 is 0 Å². The van der Waals surface area contributed by atoms with Crippen molar-refractivity contribution in [3.05, 3.63) is 29.8 Å². The van der Waals surface area contributed by atoms with Crippen molar-refractivity contribution >= 4 is 0 Å². The summed E-state index contributed by atoms with van der Waals surface area (Å²) in [6.07, 6.45) is 0. The van der Waals surface area contributed by atoms with E-state index in [4.69, 9.17) is 5.11 Å². The van der Waals surface area contributed by atoms with E-state index in [1.54, 1.807) is 12.1 Å². The molecule has 0 radical (unpaired) electrons. The van der Waals surface area contributed by atoms with Gasteiger partial charge in [-0.3, -0.25) is 0 Å².